The van der Waals surface area contributed by atoms with Crippen LogP contribution in [0.1, 0.15) is 47.5 Å². The molecule has 0 aromatic heterocycles. The molecule has 2 N–H and O–H groups in total. The third kappa shape index (κ3) is 7.85. The molecule has 0 aromatic carbocycles. The number of carbonyl (C=O) groups excluding carboxylic acids is 3. The molecule has 3 unspecified atom stereocenters. The van der Waals surface area contributed by atoms with E-state index in [0.29, 0.717) is 6.42 Å². The van der Waals surface area contributed by atoms with Crippen LogP contribution in [-0.2, 0) is 19.1 Å². The summed E-state index contributed by atoms with van der Waals surface area (Å²) in [6.07, 6.45) is 0.504. The van der Waals surface area contributed by atoms with Gasteiger partial charge in [-0.05, 0) is 33.1 Å². The number of hydrogen-bond donors (Lipinski definition) is 2. The maximum Gasteiger partial charge on any atom is 0.407 e. The van der Waals surface area contributed by atoms with Crippen molar-refractivity contribution >= 4 is 18.0 Å². The fraction of sp³-hybridized carbons (Fsp3) is 0.800. The van der Waals surface area contributed by atoms with Gasteiger partial charge in [0.2, 0.25) is 5.91 Å². The van der Waals surface area contributed by atoms with Crippen molar-refractivity contribution in [2.75, 3.05) is 6.61 Å². The van der Waals surface area contributed by atoms with Crippen LogP contribution in [0.4, 0.5) is 4.79 Å². The number of ether oxygens (including phenoxy) is 2. The summed E-state index contributed by atoms with van der Waals surface area (Å²) in [7, 11) is 0. The van der Waals surface area contributed by atoms with Crippen molar-refractivity contribution in [3.63, 3.8) is 0 Å². The molecule has 1 saturated carbocycles. The molecule has 0 aliphatic heterocycles. The zero-order valence-corrected chi connectivity index (χ0v) is 13.9. The summed E-state index contributed by atoms with van der Waals surface area (Å²) in [5, 5.41) is 5.56. The number of amides is 2. The quantitative estimate of drug-likeness (QED) is 0.722. The fourth-order valence-electron chi connectivity index (χ4n) is 1.87. The normalized spacial score (nSPS) is 21.5. The van der Waals surface area contributed by atoms with Crippen LogP contribution in [0.3, 0.4) is 0 Å². The summed E-state index contributed by atoms with van der Waals surface area (Å²) in [4.78, 5) is 34.1. The Bertz CT molecular complexity index is 430. The Labute approximate surface area is 131 Å². The predicted molar refractivity (Wildman–Crippen MR) is 80.1 cm³/mol. The minimum absolute atomic E-state index is 0.0417. The topological polar surface area (TPSA) is 93.7 Å². The van der Waals surface area contributed by atoms with Gasteiger partial charge in [-0.2, -0.15) is 0 Å². The van der Waals surface area contributed by atoms with E-state index in [4.69, 9.17) is 9.47 Å². The number of esters is 1. The number of carbonyl (C=O) groups is 3. The Morgan fingerprint density at radius 1 is 1.18 bits per heavy atom. The molecule has 2 amide bonds. The standard InChI is InChI=1S/C15H26N2O5/c1-9(8-21-10(2)18)6-13(19)16-11-7-12(11)17-14(20)22-15(3,4)5/h9,11-12H,6-8H2,1-5H3,(H,16,19)(H,17,20). The van der Waals surface area contributed by atoms with E-state index < -0.39 is 11.7 Å². The molecular weight excluding hydrogens is 288 g/mol. The van der Waals surface area contributed by atoms with Crippen molar-refractivity contribution in [3.8, 4) is 0 Å². The van der Waals surface area contributed by atoms with Gasteiger partial charge in [0.25, 0.3) is 0 Å². The molecule has 1 rings (SSSR count). The van der Waals surface area contributed by atoms with Crippen LogP contribution in [0.25, 0.3) is 0 Å². The van der Waals surface area contributed by atoms with E-state index in [1.165, 1.54) is 6.92 Å². The minimum atomic E-state index is -0.538. The highest BCUT2D eigenvalue weighted by atomic mass is 16.6. The van der Waals surface area contributed by atoms with Crippen LogP contribution in [0.2, 0.25) is 0 Å². The molecule has 3 atom stereocenters. The minimum Gasteiger partial charge on any atom is -0.466 e. The summed E-state index contributed by atoms with van der Waals surface area (Å²) >= 11 is 0. The fourth-order valence-corrected chi connectivity index (χ4v) is 1.87. The van der Waals surface area contributed by atoms with E-state index in [1.807, 2.05) is 6.92 Å². The van der Waals surface area contributed by atoms with Gasteiger partial charge in [-0.1, -0.05) is 6.92 Å². The first-order chi connectivity index (χ1) is 10.1. The Morgan fingerprint density at radius 3 is 2.32 bits per heavy atom. The van der Waals surface area contributed by atoms with Gasteiger partial charge in [-0.25, -0.2) is 4.79 Å². The monoisotopic (exact) mass is 314 g/mol. The maximum absolute atomic E-state index is 11.8. The molecule has 7 heteroatoms. The number of rotatable bonds is 6. The molecule has 126 valence electrons. The van der Waals surface area contributed by atoms with Crippen molar-refractivity contribution in [2.24, 2.45) is 5.92 Å². The van der Waals surface area contributed by atoms with Gasteiger partial charge in [0, 0.05) is 13.3 Å². The lowest BCUT2D eigenvalue weighted by molar-refractivity contribution is -0.143. The first-order valence-electron chi connectivity index (χ1n) is 7.49. The van der Waals surface area contributed by atoms with E-state index in [2.05, 4.69) is 10.6 Å². The zero-order valence-electron chi connectivity index (χ0n) is 13.9. The van der Waals surface area contributed by atoms with E-state index in [-0.39, 0.29) is 42.9 Å². The molecule has 22 heavy (non-hydrogen) atoms. The molecule has 1 fully saturated rings. The lowest BCUT2D eigenvalue weighted by Crippen LogP contribution is -2.38. The van der Waals surface area contributed by atoms with Crippen molar-refractivity contribution in [1.29, 1.82) is 0 Å². The van der Waals surface area contributed by atoms with Gasteiger partial charge in [0.15, 0.2) is 0 Å². The van der Waals surface area contributed by atoms with E-state index >= 15 is 0 Å². The second kappa shape index (κ2) is 7.47. The van der Waals surface area contributed by atoms with E-state index in [9.17, 15) is 14.4 Å². The second-order valence-corrected chi connectivity index (χ2v) is 6.77. The number of nitrogens with one attached hydrogen (secondary N) is 2. The predicted octanol–water partition coefficient (Wildman–Crippen LogP) is 1.36. The average Bonchev–Trinajstić information content (AvgIpc) is 3.01. The van der Waals surface area contributed by atoms with Crippen LogP contribution in [-0.4, -0.2) is 42.3 Å². The van der Waals surface area contributed by atoms with Crippen LogP contribution in [0, 0.1) is 5.92 Å². The Morgan fingerprint density at radius 2 is 1.77 bits per heavy atom. The maximum atomic E-state index is 11.8. The summed E-state index contributed by atoms with van der Waals surface area (Å²) in [5.41, 5.74) is -0.538. The average molecular weight is 314 g/mol. The van der Waals surface area contributed by atoms with Gasteiger partial charge >= 0.3 is 12.1 Å². The van der Waals surface area contributed by atoms with E-state index in [1.54, 1.807) is 20.8 Å². The highest BCUT2D eigenvalue weighted by Gasteiger charge is 2.40. The number of alkyl carbamates (subject to hydrolysis) is 1. The highest BCUT2D eigenvalue weighted by molar-refractivity contribution is 5.77. The first kappa shape index (κ1) is 18.3. The van der Waals surface area contributed by atoms with Gasteiger partial charge < -0.3 is 20.1 Å². The van der Waals surface area contributed by atoms with Crippen molar-refractivity contribution in [1.82, 2.24) is 10.6 Å². The van der Waals surface area contributed by atoms with Crippen LogP contribution >= 0.6 is 0 Å². The molecule has 7 nitrogen and oxygen atoms in total. The Balaban J connectivity index is 2.20. The van der Waals surface area contributed by atoms with Crippen LogP contribution in [0.5, 0.6) is 0 Å². The third-order valence-corrected chi connectivity index (χ3v) is 2.94. The summed E-state index contributed by atoms with van der Waals surface area (Å²) in [6.45, 7) is 8.79. The van der Waals surface area contributed by atoms with Crippen molar-refractivity contribution < 1.29 is 23.9 Å². The molecule has 1 aliphatic rings. The van der Waals surface area contributed by atoms with Crippen LogP contribution in [0.15, 0.2) is 0 Å². The smallest absolute Gasteiger partial charge is 0.407 e. The lowest BCUT2D eigenvalue weighted by atomic mass is 10.1. The molecule has 0 aromatic rings. The Kier molecular flexibility index (Phi) is 6.20. The lowest BCUT2D eigenvalue weighted by Gasteiger charge is -2.19. The first-order valence-corrected chi connectivity index (χ1v) is 7.49. The van der Waals surface area contributed by atoms with Gasteiger partial charge in [0.05, 0.1) is 18.7 Å². The SMILES string of the molecule is CC(=O)OCC(C)CC(=O)NC1CC1NC(=O)OC(C)(C)C. The number of hydrogen-bond acceptors (Lipinski definition) is 5. The molecule has 0 heterocycles. The van der Waals surface area contributed by atoms with E-state index in [0.717, 1.165) is 0 Å². The van der Waals surface area contributed by atoms with Gasteiger partial charge in [-0.3, -0.25) is 9.59 Å². The zero-order chi connectivity index (χ0) is 16.9. The molecule has 0 bridgehead atoms. The third-order valence-electron chi connectivity index (χ3n) is 2.94. The molecule has 0 radical (unpaired) electrons. The van der Waals surface area contributed by atoms with Crippen molar-refractivity contribution in [2.45, 2.75) is 65.1 Å². The molecule has 0 saturated heterocycles. The summed E-state index contributed by atoms with van der Waals surface area (Å²) < 4.78 is 10.0. The van der Waals surface area contributed by atoms with Gasteiger partial charge in [0.1, 0.15) is 5.60 Å². The van der Waals surface area contributed by atoms with Gasteiger partial charge in [-0.15, -0.1) is 0 Å². The highest BCUT2D eigenvalue weighted by Crippen LogP contribution is 2.22. The molecular formula is C15H26N2O5. The largest absolute Gasteiger partial charge is 0.466 e. The second-order valence-electron chi connectivity index (χ2n) is 6.77. The summed E-state index contributed by atoms with van der Waals surface area (Å²) in [5.74, 6) is -0.505. The van der Waals surface area contributed by atoms with Crippen molar-refractivity contribution in [3.05, 3.63) is 0 Å². The Hall–Kier alpha value is -1.79. The molecule has 1 aliphatic carbocycles. The van der Waals surface area contributed by atoms with Crippen LogP contribution < -0.4 is 10.6 Å². The molecule has 0 spiro atoms. The summed E-state index contributed by atoms with van der Waals surface area (Å²) in [6, 6.07) is -0.136.